The molecule has 0 bridgehead atoms. The second kappa shape index (κ2) is 7.56. The summed E-state index contributed by atoms with van der Waals surface area (Å²) in [5, 5.41) is 2.80. The maximum Gasteiger partial charge on any atom is 0.241 e. The molecule has 1 amide bonds. The summed E-state index contributed by atoms with van der Waals surface area (Å²) in [6.45, 7) is 7.36. The minimum absolute atomic E-state index is 0.0360. The van der Waals surface area contributed by atoms with Gasteiger partial charge in [0.15, 0.2) is 0 Å². The van der Waals surface area contributed by atoms with Crippen LogP contribution in [-0.4, -0.2) is 26.4 Å². The smallest absolute Gasteiger partial charge is 0.241 e. The van der Waals surface area contributed by atoms with Crippen LogP contribution >= 0.6 is 0 Å². The van der Waals surface area contributed by atoms with E-state index in [9.17, 15) is 13.2 Å². The van der Waals surface area contributed by atoms with Crippen molar-refractivity contribution in [3.63, 3.8) is 0 Å². The number of benzene rings is 1. The van der Waals surface area contributed by atoms with Crippen molar-refractivity contribution in [2.45, 2.75) is 57.5 Å². The molecule has 0 saturated heterocycles. The molecule has 2 N–H and O–H groups in total. The van der Waals surface area contributed by atoms with Gasteiger partial charge in [-0.15, -0.1) is 0 Å². The zero-order valence-corrected chi connectivity index (χ0v) is 13.8. The maximum atomic E-state index is 12.2. The average Bonchev–Trinajstić information content (AvgIpc) is 2.38. The van der Waals surface area contributed by atoms with Gasteiger partial charge in [-0.3, -0.25) is 4.79 Å². The normalized spacial score (nSPS) is 14.5. The molecule has 5 nitrogen and oxygen atoms in total. The molecule has 0 aliphatic heterocycles. The monoisotopic (exact) mass is 312 g/mol. The highest BCUT2D eigenvalue weighted by molar-refractivity contribution is 7.89. The zero-order valence-electron chi connectivity index (χ0n) is 13.0. The van der Waals surface area contributed by atoms with E-state index in [-0.39, 0.29) is 16.8 Å². The number of rotatable bonds is 7. The van der Waals surface area contributed by atoms with Gasteiger partial charge < -0.3 is 5.32 Å². The first-order chi connectivity index (χ1) is 9.76. The third-order valence-electron chi connectivity index (χ3n) is 3.17. The Bertz CT molecular complexity index is 567. The highest BCUT2D eigenvalue weighted by atomic mass is 32.2. The van der Waals surface area contributed by atoms with Gasteiger partial charge in [0.1, 0.15) is 0 Å². The van der Waals surface area contributed by atoms with Crippen LogP contribution in [-0.2, 0) is 14.8 Å². The van der Waals surface area contributed by atoms with E-state index in [1.807, 2.05) is 20.8 Å². The third-order valence-corrected chi connectivity index (χ3v) is 4.72. The van der Waals surface area contributed by atoms with E-state index in [1.54, 1.807) is 19.1 Å². The molecule has 21 heavy (non-hydrogen) atoms. The van der Waals surface area contributed by atoms with Gasteiger partial charge in [-0.2, -0.15) is 4.72 Å². The zero-order chi connectivity index (χ0) is 16.0. The van der Waals surface area contributed by atoms with Crippen LogP contribution in [0.2, 0.25) is 0 Å². The molecule has 6 heteroatoms. The van der Waals surface area contributed by atoms with Crippen LogP contribution in [0.25, 0.3) is 0 Å². The van der Waals surface area contributed by atoms with E-state index < -0.39 is 16.1 Å². The molecule has 0 unspecified atom stereocenters. The second-order valence-electron chi connectivity index (χ2n) is 5.35. The predicted molar refractivity (Wildman–Crippen MR) is 83.5 cm³/mol. The Balaban J connectivity index is 2.70. The molecule has 0 aliphatic carbocycles. The summed E-state index contributed by atoms with van der Waals surface area (Å²) in [7, 11) is -3.68. The number of nitrogens with one attached hydrogen (secondary N) is 2. The molecule has 1 rings (SSSR count). The first-order valence-electron chi connectivity index (χ1n) is 7.15. The number of hydrogen-bond acceptors (Lipinski definition) is 3. The summed E-state index contributed by atoms with van der Waals surface area (Å²) in [5.74, 6) is -0.313. The van der Waals surface area contributed by atoms with Crippen LogP contribution in [0.15, 0.2) is 29.2 Å². The molecule has 0 saturated carbocycles. The summed E-state index contributed by atoms with van der Waals surface area (Å²) in [6.07, 6.45) is 1.83. The van der Waals surface area contributed by atoms with Crippen LogP contribution in [0.3, 0.4) is 0 Å². The number of sulfonamides is 1. The van der Waals surface area contributed by atoms with Crippen molar-refractivity contribution in [3.05, 3.63) is 29.8 Å². The van der Waals surface area contributed by atoms with Crippen molar-refractivity contribution in [1.82, 2.24) is 10.0 Å². The largest absolute Gasteiger partial charge is 0.352 e. The summed E-state index contributed by atoms with van der Waals surface area (Å²) in [5.41, 5.74) is 0.980. The number of carbonyl (C=O) groups is 1. The molecule has 0 radical (unpaired) electrons. The molecule has 0 aliphatic rings. The van der Waals surface area contributed by atoms with E-state index in [2.05, 4.69) is 10.0 Å². The van der Waals surface area contributed by atoms with Crippen molar-refractivity contribution in [2.75, 3.05) is 0 Å². The van der Waals surface area contributed by atoms with Crippen LogP contribution < -0.4 is 10.0 Å². The lowest BCUT2D eigenvalue weighted by Gasteiger charge is -2.18. The fraction of sp³-hybridized carbons (Fsp3) is 0.533. The van der Waals surface area contributed by atoms with Crippen molar-refractivity contribution >= 4 is 15.9 Å². The van der Waals surface area contributed by atoms with Crippen molar-refractivity contribution in [3.8, 4) is 0 Å². The number of aryl methyl sites for hydroxylation is 1. The third kappa shape index (κ3) is 5.47. The first kappa shape index (κ1) is 17.7. The summed E-state index contributed by atoms with van der Waals surface area (Å²) in [4.78, 5) is 12.1. The van der Waals surface area contributed by atoms with Crippen molar-refractivity contribution in [1.29, 1.82) is 0 Å². The Hall–Kier alpha value is -1.40. The van der Waals surface area contributed by atoms with Gasteiger partial charge in [-0.1, -0.05) is 31.0 Å². The lowest BCUT2D eigenvalue weighted by molar-refractivity contribution is -0.123. The Morgan fingerprint density at radius 2 is 1.76 bits per heavy atom. The van der Waals surface area contributed by atoms with Crippen molar-refractivity contribution < 1.29 is 13.2 Å². The van der Waals surface area contributed by atoms with Crippen molar-refractivity contribution in [2.24, 2.45) is 0 Å². The van der Waals surface area contributed by atoms with E-state index in [4.69, 9.17) is 0 Å². The van der Waals surface area contributed by atoms with Crippen LogP contribution in [0.5, 0.6) is 0 Å². The molecule has 0 spiro atoms. The van der Waals surface area contributed by atoms with E-state index in [0.29, 0.717) is 0 Å². The number of amides is 1. The Morgan fingerprint density at radius 1 is 1.19 bits per heavy atom. The van der Waals surface area contributed by atoms with Crippen LogP contribution in [0.1, 0.15) is 39.2 Å². The molecule has 2 atom stereocenters. The predicted octanol–water partition coefficient (Wildman–Crippen LogP) is 1.97. The number of hydrogen-bond donors (Lipinski definition) is 2. The Kier molecular flexibility index (Phi) is 6.36. The molecule has 118 valence electrons. The quantitative estimate of drug-likeness (QED) is 0.808. The minimum atomic E-state index is -3.68. The maximum absolute atomic E-state index is 12.2. The van der Waals surface area contributed by atoms with Crippen LogP contribution in [0, 0.1) is 6.92 Å². The summed E-state index contributed by atoms with van der Waals surface area (Å²) in [6, 6.07) is 5.74. The first-order valence-corrected chi connectivity index (χ1v) is 8.64. The van der Waals surface area contributed by atoms with Gasteiger partial charge in [0.25, 0.3) is 0 Å². The lowest BCUT2D eigenvalue weighted by Crippen LogP contribution is -2.47. The van der Waals surface area contributed by atoms with Gasteiger partial charge in [0.05, 0.1) is 10.9 Å². The fourth-order valence-electron chi connectivity index (χ4n) is 1.94. The van der Waals surface area contributed by atoms with Gasteiger partial charge in [-0.05, 0) is 39.3 Å². The number of carbonyl (C=O) groups excluding carboxylic acids is 1. The van der Waals surface area contributed by atoms with E-state index in [1.165, 1.54) is 12.1 Å². The lowest BCUT2D eigenvalue weighted by atomic mass is 10.2. The van der Waals surface area contributed by atoms with E-state index >= 15 is 0 Å². The van der Waals surface area contributed by atoms with Gasteiger partial charge in [-0.25, -0.2) is 8.42 Å². The second-order valence-corrected chi connectivity index (χ2v) is 7.07. The average molecular weight is 312 g/mol. The Morgan fingerprint density at radius 3 is 2.29 bits per heavy atom. The topological polar surface area (TPSA) is 75.3 Å². The fourth-order valence-corrected chi connectivity index (χ4v) is 3.15. The SMILES string of the molecule is CCC[C@H](C)NC(=O)[C@H](C)NS(=O)(=O)c1ccc(C)cc1. The minimum Gasteiger partial charge on any atom is -0.352 e. The molecule has 1 aromatic carbocycles. The van der Waals surface area contributed by atoms with Gasteiger partial charge in [0, 0.05) is 6.04 Å². The standard InChI is InChI=1S/C15H24N2O3S/c1-5-6-12(3)16-15(18)13(4)17-21(19,20)14-9-7-11(2)8-10-14/h7-10,12-13,17H,5-6H2,1-4H3,(H,16,18)/t12-,13-/m0/s1. The highest BCUT2D eigenvalue weighted by Gasteiger charge is 2.22. The molecular formula is C15H24N2O3S. The van der Waals surface area contributed by atoms with Crippen LogP contribution in [0.4, 0.5) is 0 Å². The molecule has 0 aromatic heterocycles. The Labute approximate surface area is 127 Å². The highest BCUT2D eigenvalue weighted by Crippen LogP contribution is 2.10. The summed E-state index contributed by atoms with van der Waals surface area (Å²) < 4.78 is 26.8. The van der Waals surface area contributed by atoms with Gasteiger partial charge >= 0.3 is 0 Å². The molecule has 1 aromatic rings. The molecule has 0 heterocycles. The van der Waals surface area contributed by atoms with Gasteiger partial charge in [0.2, 0.25) is 15.9 Å². The molecule has 0 fully saturated rings. The van der Waals surface area contributed by atoms with E-state index in [0.717, 1.165) is 18.4 Å². The molecular weight excluding hydrogens is 288 g/mol. The summed E-state index contributed by atoms with van der Waals surface area (Å²) >= 11 is 0.